The SMILES string of the molecule is Cc1ccc(NC(=O)c2nc(-c3cccc(Cl)c3)n(-c3ccccc3C)n2)cc1. The molecule has 0 saturated carbocycles. The van der Waals surface area contributed by atoms with Crippen molar-refractivity contribution in [3.8, 4) is 17.1 Å². The third-order valence-corrected chi connectivity index (χ3v) is 4.78. The first-order valence-corrected chi connectivity index (χ1v) is 9.56. The molecular formula is C23H19ClN4O. The van der Waals surface area contributed by atoms with E-state index in [4.69, 9.17) is 11.6 Å². The molecule has 6 heteroatoms. The number of anilines is 1. The molecule has 0 unspecified atom stereocenters. The van der Waals surface area contributed by atoms with Gasteiger partial charge in [-0.05, 0) is 49.7 Å². The molecule has 3 aromatic carbocycles. The van der Waals surface area contributed by atoms with Gasteiger partial charge in [-0.3, -0.25) is 4.79 Å². The third-order valence-electron chi connectivity index (χ3n) is 4.55. The van der Waals surface area contributed by atoms with Crippen LogP contribution in [0.15, 0.2) is 72.8 Å². The lowest BCUT2D eigenvalue weighted by molar-refractivity contribution is 0.101. The van der Waals surface area contributed by atoms with E-state index in [1.54, 1.807) is 10.7 Å². The largest absolute Gasteiger partial charge is 0.319 e. The van der Waals surface area contributed by atoms with Gasteiger partial charge in [-0.15, -0.1) is 5.10 Å². The summed E-state index contributed by atoms with van der Waals surface area (Å²) < 4.78 is 1.69. The molecule has 144 valence electrons. The average molecular weight is 403 g/mol. The molecule has 5 nitrogen and oxygen atoms in total. The van der Waals surface area contributed by atoms with Crippen molar-refractivity contribution in [3.05, 3.63) is 94.8 Å². The van der Waals surface area contributed by atoms with Gasteiger partial charge in [0.05, 0.1) is 5.69 Å². The Bertz CT molecular complexity index is 1180. The topological polar surface area (TPSA) is 59.8 Å². The summed E-state index contributed by atoms with van der Waals surface area (Å²) in [6, 6.07) is 22.7. The van der Waals surface area contributed by atoms with Crippen LogP contribution in [-0.2, 0) is 0 Å². The Morgan fingerprint density at radius 1 is 0.966 bits per heavy atom. The van der Waals surface area contributed by atoms with Crippen molar-refractivity contribution in [1.82, 2.24) is 14.8 Å². The van der Waals surface area contributed by atoms with Crippen LogP contribution in [-0.4, -0.2) is 20.7 Å². The fourth-order valence-corrected chi connectivity index (χ4v) is 3.21. The molecule has 29 heavy (non-hydrogen) atoms. The van der Waals surface area contributed by atoms with Crippen LogP contribution in [0.2, 0.25) is 5.02 Å². The van der Waals surface area contributed by atoms with Gasteiger partial charge >= 0.3 is 0 Å². The second kappa shape index (κ2) is 7.89. The molecule has 4 aromatic rings. The quantitative estimate of drug-likeness (QED) is 0.493. The minimum Gasteiger partial charge on any atom is -0.319 e. The molecule has 4 rings (SSSR count). The van der Waals surface area contributed by atoms with E-state index in [2.05, 4.69) is 15.4 Å². The number of rotatable bonds is 4. The summed E-state index contributed by atoms with van der Waals surface area (Å²) in [5, 5.41) is 7.95. The molecule has 0 bridgehead atoms. The van der Waals surface area contributed by atoms with Gasteiger partial charge in [0.2, 0.25) is 5.82 Å². The van der Waals surface area contributed by atoms with Crippen molar-refractivity contribution in [3.63, 3.8) is 0 Å². The zero-order valence-corrected chi connectivity index (χ0v) is 16.8. The number of nitrogens with one attached hydrogen (secondary N) is 1. The van der Waals surface area contributed by atoms with E-state index in [1.807, 2.05) is 80.6 Å². The van der Waals surface area contributed by atoms with Gasteiger partial charge in [-0.1, -0.05) is 59.6 Å². The summed E-state index contributed by atoms with van der Waals surface area (Å²) >= 11 is 6.18. The highest BCUT2D eigenvalue weighted by atomic mass is 35.5. The van der Waals surface area contributed by atoms with Gasteiger partial charge in [0.25, 0.3) is 5.91 Å². The van der Waals surface area contributed by atoms with Crippen molar-refractivity contribution in [2.75, 3.05) is 5.32 Å². The van der Waals surface area contributed by atoms with Crippen molar-refractivity contribution < 1.29 is 4.79 Å². The smallest absolute Gasteiger partial charge is 0.295 e. The minimum atomic E-state index is -0.371. The lowest BCUT2D eigenvalue weighted by atomic mass is 10.2. The Labute approximate surface area is 174 Å². The molecule has 0 aliphatic carbocycles. The Morgan fingerprint density at radius 2 is 1.72 bits per heavy atom. The maximum atomic E-state index is 12.8. The average Bonchev–Trinajstić information content (AvgIpc) is 3.15. The maximum Gasteiger partial charge on any atom is 0.295 e. The van der Waals surface area contributed by atoms with Gasteiger partial charge in [0.1, 0.15) is 0 Å². The molecule has 0 aliphatic rings. The monoisotopic (exact) mass is 402 g/mol. The third kappa shape index (κ3) is 4.05. The van der Waals surface area contributed by atoms with Crippen LogP contribution in [0.3, 0.4) is 0 Å². The lowest BCUT2D eigenvalue weighted by Crippen LogP contribution is -2.14. The summed E-state index contributed by atoms with van der Waals surface area (Å²) in [5.74, 6) is 0.268. The van der Waals surface area contributed by atoms with Gasteiger partial charge in [0.15, 0.2) is 5.82 Å². The molecule has 0 radical (unpaired) electrons. The van der Waals surface area contributed by atoms with Gasteiger partial charge < -0.3 is 5.32 Å². The predicted octanol–water partition coefficient (Wildman–Crippen LogP) is 5.46. The summed E-state index contributed by atoms with van der Waals surface area (Å²) in [6.07, 6.45) is 0. The standard InChI is InChI=1S/C23H19ClN4O/c1-15-10-12-19(13-11-15)25-23(29)21-26-22(17-7-5-8-18(24)14-17)28(27-21)20-9-4-3-6-16(20)2/h3-14H,1-2H3,(H,25,29). The number of nitrogens with zero attached hydrogens (tertiary/aromatic N) is 3. The number of hydrogen-bond donors (Lipinski definition) is 1. The molecule has 0 fully saturated rings. The lowest BCUT2D eigenvalue weighted by Gasteiger charge is -2.08. The Balaban J connectivity index is 1.78. The normalized spacial score (nSPS) is 10.7. The Hall–Kier alpha value is -3.44. The van der Waals surface area contributed by atoms with Crippen molar-refractivity contribution in [1.29, 1.82) is 0 Å². The first-order valence-electron chi connectivity index (χ1n) is 9.18. The molecular weight excluding hydrogens is 384 g/mol. The number of carbonyl (C=O) groups excluding carboxylic acids is 1. The number of amides is 1. The van der Waals surface area contributed by atoms with Crippen LogP contribution in [0.5, 0.6) is 0 Å². The minimum absolute atomic E-state index is 0.0869. The predicted molar refractivity (Wildman–Crippen MR) is 116 cm³/mol. The number of benzene rings is 3. The number of halogens is 1. The van der Waals surface area contributed by atoms with E-state index in [0.717, 1.165) is 22.4 Å². The highest BCUT2D eigenvalue weighted by molar-refractivity contribution is 6.30. The van der Waals surface area contributed by atoms with E-state index in [1.165, 1.54) is 0 Å². The first kappa shape index (κ1) is 18.9. The summed E-state index contributed by atoms with van der Waals surface area (Å²) in [7, 11) is 0. The van der Waals surface area contributed by atoms with Crippen LogP contribution in [0.1, 0.15) is 21.7 Å². The molecule has 0 spiro atoms. The van der Waals surface area contributed by atoms with Crippen LogP contribution in [0.4, 0.5) is 5.69 Å². The van der Waals surface area contributed by atoms with Crippen molar-refractivity contribution in [2.24, 2.45) is 0 Å². The van der Waals surface area contributed by atoms with E-state index in [-0.39, 0.29) is 11.7 Å². The van der Waals surface area contributed by atoms with E-state index >= 15 is 0 Å². The summed E-state index contributed by atoms with van der Waals surface area (Å²) in [6.45, 7) is 3.99. The van der Waals surface area contributed by atoms with Crippen LogP contribution in [0.25, 0.3) is 17.1 Å². The first-order chi connectivity index (χ1) is 14.0. The van der Waals surface area contributed by atoms with Gasteiger partial charge in [0, 0.05) is 16.3 Å². The fraction of sp³-hybridized carbons (Fsp3) is 0.0870. The van der Waals surface area contributed by atoms with Crippen LogP contribution in [0, 0.1) is 13.8 Å². The molecule has 0 aliphatic heterocycles. The number of carbonyl (C=O) groups is 1. The molecule has 0 saturated heterocycles. The van der Waals surface area contributed by atoms with E-state index < -0.39 is 0 Å². The molecule has 1 N–H and O–H groups in total. The van der Waals surface area contributed by atoms with E-state index in [0.29, 0.717) is 16.5 Å². The number of aryl methyl sites for hydroxylation is 2. The molecule has 1 heterocycles. The highest BCUT2D eigenvalue weighted by Gasteiger charge is 2.20. The van der Waals surface area contributed by atoms with E-state index in [9.17, 15) is 4.79 Å². The summed E-state index contributed by atoms with van der Waals surface area (Å²) in [4.78, 5) is 17.3. The summed E-state index contributed by atoms with van der Waals surface area (Å²) in [5.41, 5.74) is 4.46. The second-order valence-electron chi connectivity index (χ2n) is 6.79. The Kier molecular flexibility index (Phi) is 5.14. The Morgan fingerprint density at radius 3 is 2.45 bits per heavy atom. The van der Waals surface area contributed by atoms with Crippen molar-refractivity contribution in [2.45, 2.75) is 13.8 Å². The fourth-order valence-electron chi connectivity index (χ4n) is 3.02. The molecule has 1 aromatic heterocycles. The molecule has 1 amide bonds. The van der Waals surface area contributed by atoms with Crippen LogP contribution < -0.4 is 5.32 Å². The van der Waals surface area contributed by atoms with Gasteiger partial charge in [-0.2, -0.15) is 0 Å². The number of para-hydroxylation sites is 1. The number of aromatic nitrogens is 3. The van der Waals surface area contributed by atoms with Gasteiger partial charge in [-0.25, -0.2) is 9.67 Å². The van der Waals surface area contributed by atoms with Crippen LogP contribution >= 0.6 is 11.6 Å². The molecule has 0 atom stereocenters. The zero-order valence-electron chi connectivity index (χ0n) is 16.1. The second-order valence-corrected chi connectivity index (χ2v) is 7.22. The highest BCUT2D eigenvalue weighted by Crippen LogP contribution is 2.25. The maximum absolute atomic E-state index is 12.8. The number of hydrogen-bond acceptors (Lipinski definition) is 3. The van der Waals surface area contributed by atoms with Crippen molar-refractivity contribution >= 4 is 23.2 Å². The zero-order chi connectivity index (χ0) is 20.4.